The molecule has 0 radical (unpaired) electrons. The highest BCUT2D eigenvalue weighted by Gasteiger charge is 2.35. The number of hydrogen-bond donors (Lipinski definition) is 2. The van der Waals surface area contributed by atoms with E-state index < -0.39 is 33.7 Å². The van der Waals surface area contributed by atoms with Crippen LogP contribution in [-0.4, -0.2) is 49.4 Å². The molecule has 2 aromatic carbocycles. The van der Waals surface area contributed by atoms with Gasteiger partial charge in [0, 0.05) is 19.5 Å². The molecule has 12 heteroatoms. The zero-order valence-corrected chi connectivity index (χ0v) is 19.5. The first kappa shape index (κ1) is 24.6. The summed E-state index contributed by atoms with van der Waals surface area (Å²) in [5.74, 6) is -1.86. The Labute approximate surface area is 196 Å². The zero-order valence-electron chi connectivity index (χ0n) is 18.0. The van der Waals surface area contributed by atoms with Gasteiger partial charge >= 0.3 is 0 Å². The number of benzene rings is 2. The molecule has 3 N–H and O–H groups in total. The number of carbonyl (C=O) groups excluding carboxylic acids is 2. The SMILES string of the molecule is CCN(CC)S(=O)(=O)c1ccc(Cl)c(NC(=O)C2=NN(c3ccc(F)cc3)C(C(N)=O)C2)c1. The van der Waals surface area contributed by atoms with Gasteiger partial charge in [-0.15, -0.1) is 0 Å². The summed E-state index contributed by atoms with van der Waals surface area (Å²) in [5, 5.41) is 8.12. The Morgan fingerprint density at radius 2 is 1.85 bits per heavy atom. The van der Waals surface area contributed by atoms with Crippen LogP contribution in [0.3, 0.4) is 0 Å². The van der Waals surface area contributed by atoms with Crippen LogP contribution in [0.5, 0.6) is 0 Å². The van der Waals surface area contributed by atoms with E-state index in [2.05, 4.69) is 10.4 Å². The molecule has 0 saturated heterocycles. The highest BCUT2D eigenvalue weighted by molar-refractivity contribution is 7.89. The molecule has 33 heavy (non-hydrogen) atoms. The first-order chi connectivity index (χ1) is 15.6. The molecule has 0 aromatic heterocycles. The van der Waals surface area contributed by atoms with Crippen LogP contribution in [0.2, 0.25) is 5.02 Å². The van der Waals surface area contributed by atoms with Crippen LogP contribution < -0.4 is 16.1 Å². The minimum absolute atomic E-state index is 0.0174. The second-order valence-corrected chi connectivity index (χ2v) is 9.52. The number of nitrogens with two attached hydrogens (primary N) is 1. The van der Waals surface area contributed by atoms with Crippen molar-refractivity contribution in [2.24, 2.45) is 10.8 Å². The van der Waals surface area contributed by atoms with E-state index in [0.29, 0.717) is 5.69 Å². The lowest BCUT2D eigenvalue weighted by Crippen LogP contribution is -2.39. The Balaban J connectivity index is 1.88. The molecule has 0 saturated carbocycles. The van der Waals surface area contributed by atoms with Gasteiger partial charge in [0.05, 0.1) is 21.3 Å². The van der Waals surface area contributed by atoms with Gasteiger partial charge in [-0.25, -0.2) is 12.8 Å². The standard InChI is InChI=1S/C21H23ClFN5O4S/c1-3-27(4-2)33(31,32)15-9-10-16(22)17(11-15)25-21(30)18-12-19(20(24)29)28(26-18)14-7-5-13(23)6-8-14/h5-11,19H,3-4,12H2,1-2H3,(H2,24,29)(H,25,30). The number of primary amides is 1. The van der Waals surface area contributed by atoms with E-state index in [1.807, 2.05) is 0 Å². The number of amides is 2. The molecule has 1 atom stereocenters. The Bertz CT molecular complexity index is 1200. The van der Waals surface area contributed by atoms with Crippen molar-refractivity contribution in [3.05, 3.63) is 53.3 Å². The van der Waals surface area contributed by atoms with Crippen molar-refractivity contribution in [1.82, 2.24) is 4.31 Å². The molecule has 3 rings (SSSR count). The molecule has 0 spiro atoms. The average molecular weight is 496 g/mol. The topological polar surface area (TPSA) is 125 Å². The predicted octanol–water partition coefficient (Wildman–Crippen LogP) is 2.57. The molecule has 0 aliphatic carbocycles. The summed E-state index contributed by atoms with van der Waals surface area (Å²) in [4.78, 5) is 24.8. The van der Waals surface area contributed by atoms with Crippen molar-refractivity contribution in [1.29, 1.82) is 0 Å². The van der Waals surface area contributed by atoms with Gasteiger partial charge in [-0.05, 0) is 42.5 Å². The number of hydrazone groups is 1. The molecular weight excluding hydrogens is 473 g/mol. The van der Waals surface area contributed by atoms with Gasteiger partial charge in [-0.2, -0.15) is 9.41 Å². The van der Waals surface area contributed by atoms with Crippen LogP contribution in [0.15, 0.2) is 52.5 Å². The Kier molecular flexibility index (Phi) is 7.35. The van der Waals surface area contributed by atoms with Gasteiger partial charge in [0.25, 0.3) is 5.91 Å². The van der Waals surface area contributed by atoms with E-state index in [1.54, 1.807) is 13.8 Å². The van der Waals surface area contributed by atoms with Crippen molar-refractivity contribution >= 4 is 50.5 Å². The molecule has 1 aliphatic heterocycles. The molecule has 1 unspecified atom stereocenters. The summed E-state index contributed by atoms with van der Waals surface area (Å²) in [6, 6.07) is 8.28. The number of nitrogens with one attached hydrogen (secondary N) is 1. The largest absolute Gasteiger partial charge is 0.368 e. The van der Waals surface area contributed by atoms with Crippen molar-refractivity contribution in [2.45, 2.75) is 31.2 Å². The summed E-state index contributed by atoms with van der Waals surface area (Å²) in [5.41, 5.74) is 5.91. The van der Waals surface area contributed by atoms with E-state index in [9.17, 15) is 22.4 Å². The number of sulfonamides is 1. The van der Waals surface area contributed by atoms with Crippen LogP contribution in [0.25, 0.3) is 0 Å². The highest BCUT2D eigenvalue weighted by atomic mass is 35.5. The summed E-state index contributed by atoms with van der Waals surface area (Å²) < 4.78 is 40.1. The zero-order chi connectivity index (χ0) is 24.3. The maximum absolute atomic E-state index is 13.3. The van der Waals surface area contributed by atoms with Crippen molar-refractivity contribution in [3.8, 4) is 0 Å². The number of nitrogens with zero attached hydrogens (tertiary/aromatic N) is 3. The van der Waals surface area contributed by atoms with E-state index in [-0.39, 0.29) is 40.8 Å². The summed E-state index contributed by atoms with van der Waals surface area (Å²) in [7, 11) is -3.77. The Morgan fingerprint density at radius 1 is 1.21 bits per heavy atom. The van der Waals surface area contributed by atoms with E-state index in [4.69, 9.17) is 17.3 Å². The molecule has 176 valence electrons. The molecular formula is C21H23ClFN5O4S. The maximum Gasteiger partial charge on any atom is 0.272 e. The fourth-order valence-electron chi connectivity index (χ4n) is 3.37. The smallest absolute Gasteiger partial charge is 0.272 e. The van der Waals surface area contributed by atoms with E-state index in [0.717, 1.165) is 0 Å². The van der Waals surface area contributed by atoms with Gasteiger partial charge in [-0.1, -0.05) is 25.4 Å². The average Bonchev–Trinajstić information content (AvgIpc) is 3.22. The van der Waals surface area contributed by atoms with E-state index >= 15 is 0 Å². The van der Waals surface area contributed by atoms with Crippen LogP contribution in [0.4, 0.5) is 15.8 Å². The fourth-order valence-corrected chi connectivity index (χ4v) is 5.02. The number of hydrogen-bond acceptors (Lipinski definition) is 6. The van der Waals surface area contributed by atoms with Crippen LogP contribution in [-0.2, 0) is 19.6 Å². The van der Waals surface area contributed by atoms with Crippen LogP contribution >= 0.6 is 11.6 Å². The molecule has 0 bridgehead atoms. The van der Waals surface area contributed by atoms with Crippen molar-refractivity contribution in [2.75, 3.05) is 23.4 Å². The highest BCUT2D eigenvalue weighted by Crippen LogP contribution is 2.29. The molecule has 9 nitrogen and oxygen atoms in total. The predicted molar refractivity (Wildman–Crippen MR) is 124 cm³/mol. The second-order valence-electron chi connectivity index (χ2n) is 7.18. The first-order valence-corrected chi connectivity index (χ1v) is 11.9. The van der Waals surface area contributed by atoms with E-state index in [1.165, 1.54) is 51.8 Å². The molecule has 1 aliphatic rings. The minimum Gasteiger partial charge on any atom is -0.368 e. The van der Waals surface area contributed by atoms with Gasteiger partial charge in [0.1, 0.15) is 17.6 Å². The maximum atomic E-state index is 13.3. The third kappa shape index (κ3) is 5.15. The lowest BCUT2D eigenvalue weighted by atomic mass is 10.1. The molecule has 0 fully saturated rings. The van der Waals surface area contributed by atoms with Gasteiger partial charge < -0.3 is 11.1 Å². The number of anilines is 2. The second kappa shape index (κ2) is 9.86. The summed E-state index contributed by atoms with van der Waals surface area (Å²) in [6.45, 7) is 4.02. The third-order valence-electron chi connectivity index (χ3n) is 5.12. The first-order valence-electron chi connectivity index (χ1n) is 10.1. The minimum atomic E-state index is -3.77. The van der Waals surface area contributed by atoms with Gasteiger partial charge in [-0.3, -0.25) is 14.6 Å². The quantitative estimate of drug-likeness (QED) is 0.582. The summed E-state index contributed by atoms with van der Waals surface area (Å²) in [6.07, 6.45) is -0.0897. The number of rotatable bonds is 8. The monoisotopic (exact) mass is 495 g/mol. The van der Waals surface area contributed by atoms with Crippen LogP contribution in [0.1, 0.15) is 20.3 Å². The Hall–Kier alpha value is -3.02. The lowest BCUT2D eigenvalue weighted by Gasteiger charge is -2.20. The van der Waals surface area contributed by atoms with Crippen molar-refractivity contribution < 1.29 is 22.4 Å². The Morgan fingerprint density at radius 3 is 2.42 bits per heavy atom. The molecule has 2 aromatic rings. The molecule has 2 amide bonds. The fraction of sp³-hybridized carbons (Fsp3) is 0.286. The van der Waals surface area contributed by atoms with Gasteiger partial charge in [0.2, 0.25) is 15.9 Å². The lowest BCUT2D eigenvalue weighted by molar-refractivity contribution is -0.119. The van der Waals surface area contributed by atoms with Crippen LogP contribution in [0, 0.1) is 5.82 Å². The number of carbonyl (C=O) groups is 2. The van der Waals surface area contributed by atoms with Crippen molar-refractivity contribution in [3.63, 3.8) is 0 Å². The summed E-state index contributed by atoms with van der Waals surface area (Å²) >= 11 is 6.18. The number of halogens is 2. The third-order valence-corrected chi connectivity index (χ3v) is 7.50. The molecule has 1 heterocycles. The van der Waals surface area contributed by atoms with Gasteiger partial charge in [0.15, 0.2) is 0 Å². The normalized spacial score (nSPS) is 16.1.